The molecule has 0 saturated carbocycles. The zero-order valence-corrected chi connectivity index (χ0v) is 22.3. The summed E-state index contributed by atoms with van der Waals surface area (Å²) in [6.45, 7) is 3.17. The lowest BCUT2D eigenvalue weighted by molar-refractivity contribution is -0.386. The molecule has 2 aliphatic rings. The normalized spacial score (nSPS) is 16.5. The highest BCUT2D eigenvalue weighted by molar-refractivity contribution is 6.01. The number of hydrogen-bond acceptors (Lipinski definition) is 9. The van der Waals surface area contributed by atoms with Crippen molar-refractivity contribution in [1.82, 2.24) is 9.13 Å². The number of carboxylic acid groups (broad SMARTS) is 2. The minimum atomic E-state index is -1.86. The average Bonchev–Trinajstić information content (AvgIpc) is 2.95. The van der Waals surface area contributed by atoms with Gasteiger partial charge in [0.05, 0.1) is 28.1 Å². The highest BCUT2D eigenvalue weighted by Crippen LogP contribution is 2.41. The zero-order chi connectivity index (χ0) is 32.5. The topological polar surface area (TPSA) is 206 Å². The van der Waals surface area contributed by atoms with E-state index in [2.05, 4.69) is 0 Å². The molecular formula is C26H18F4N4O10. The number of nitrogen functional groups attached to an aromatic ring is 1. The van der Waals surface area contributed by atoms with Crippen LogP contribution < -0.4 is 26.1 Å². The van der Waals surface area contributed by atoms with Crippen LogP contribution in [0.15, 0.2) is 22.0 Å². The molecule has 2 aliphatic heterocycles. The van der Waals surface area contributed by atoms with Crippen LogP contribution in [0.5, 0.6) is 11.5 Å². The minimum absolute atomic E-state index is 0.0182. The lowest BCUT2D eigenvalue weighted by Gasteiger charge is -2.27. The smallest absolute Gasteiger partial charge is 0.341 e. The number of nitro groups is 1. The fourth-order valence-electron chi connectivity index (χ4n) is 5.05. The van der Waals surface area contributed by atoms with Crippen molar-refractivity contribution >= 4 is 45.1 Å². The molecule has 4 aromatic rings. The molecule has 230 valence electrons. The molecule has 0 amide bonds. The highest BCUT2D eigenvalue weighted by Gasteiger charge is 2.36. The van der Waals surface area contributed by atoms with Gasteiger partial charge in [-0.15, -0.1) is 0 Å². The Hall–Kier alpha value is -5.68. The first kappa shape index (κ1) is 29.8. The number of aromatic nitrogens is 2. The Morgan fingerprint density at radius 2 is 1.25 bits per heavy atom. The first-order valence-corrected chi connectivity index (χ1v) is 12.4. The number of nitro benzene ring substituents is 1. The number of ether oxygens (including phenoxy) is 2. The van der Waals surface area contributed by atoms with E-state index in [9.17, 15) is 46.9 Å². The number of carboxylic acids is 2. The number of rotatable bonds is 3. The van der Waals surface area contributed by atoms with Crippen LogP contribution in [0, 0.1) is 33.4 Å². The Bertz CT molecular complexity index is 2110. The number of anilines is 1. The Labute approximate surface area is 240 Å². The van der Waals surface area contributed by atoms with E-state index in [0.717, 1.165) is 12.4 Å². The number of benzene rings is 2. The summed E-state index contributed by atoms with van der Waals surface area (Å²) in [5.41, 5.74) is -0.568. The van der Waals surface area contributed by atoms with Crippen LogP contribution in [0.4, 0.5) is 28.9 Å². The summed E-state index contributed by atoms with van der Waals surface area (Å²) in [6, 6.07) is -0.892. The second-order valence-corrected chi connectivity index (χ2v) is 9.87. The van der Waals surface area contributed by atoms with Gasteiger partial charge in [-0.25, -0.2) is 14.0 Å². The number of hydrogen-bond donors (Lipinski definition) is 3. The first-order valence-electron chi connectivity index (χ1n) is 12.4. The van der Waals surface area contributed by atoms with Crippen LogP contribution in [0.3, 0.4) is 0 Å². The Balaban J connectivity index is 0.000000175. The third-order valence-corrected chi connectivity index (χ3v) is 7.17. The molecule has 2 atom stereocenters. The molecule has 0 saturated heterocycles. The predicted molar refractivity (Wildman–Crippen MR) is 142 cm³/mol. The van der Waals surface area contributed by atoms with Gasteiger partial charge in [0.15, 0.2) is 17.3 Å². The summed E-state index contributed by atoms with van der Waals surface area (Å²) in [4.78, 5) is 56.6. The van der Waals surface area contributed by atoms with Crippen molar-refractivity contribution in [3.63, 3.8) is 0 Å². The van der Waals surface area contributed by atoms with E-state index in [0.29, 0.717) is 0 Å². The Morgan fingerprint density at radius 3 is 1.68 bits per heavy atom. The van der Waals surface area contributed by atoms with Gasteiger partial charge >= 0.3 is 17.6 Å². The molecule has 4 heterocycles. The van der Waals surface area contributed by atoms with E-state index >= 15 is 0 Å². The molecule has 2 aromatic carbocycles. The number of aromatic carboxylic acids is 2. The summed E-state index contributed by atoms with van der Waals surface area (Å²) < 4.78 is 68.5. The summed E-state index contributed by atoms with van der Waals surface area (Å²) in [6.07, 6.45) is 2.05. The van der Waals surface area contributed by atoms with Gasteiger partial charge in [0.2, 0.25) is 28.3 Å². The predicted octanol–water partition coefficient (Wildman–Crippen LogP) is 3.35. The van der Waals surface area contributed by atoms with E-state index in [1.165, 1.54) is 9.13 Å². The van der Waals surface area contributed by atoms with Crippen LogP contribution in [-0.2, 0) is 0 Å². The van der Waals surface area contributed by atoms with Gasteiger partial charge in [0.1, 0.15) is 40.8 Å². The molecule has 14 nitrogen and oxygen atoms in total. The van der Waals surface area contributed by atoms with Gasteiger partial charge in [-0.3, -0.25) is 19.7 Å². The highest BCUT2D eigenvalue weighted by atomic mass is 19.2. The molecule has 0 spiro atoms. The van der Waals surface area contributed by atoms with Gasteiger partial charge in [-0.05, 0) is 13.8 Å². The van der Waals surface area contributed by atoms with Crippen molar-refractivity contribution in [3.05, 3.63) is 77.4 Å². The van der Waals surface area contributed by atoms with Gasteiger partial charge in [-0.1, -0.05) is 0 Å². The van der Waals surface area contributed by atoms with Gasteiger partial charge < -0.3 is 34.6 Å². The number of pyridine rings is 2. The maximum atomic E-state index is 14.0. The van der Waals surface area contributed by atoms with Crippen LogP contribution in [0.25, 0.3) is 21.8 Å². The average molecular weight is 622 g/mol. The van der Waals surface area contributed by atoms with Crippen molar-refractivity contribution in [2.45, 2.75) is 25.9 Å². The van der Waals surface area contributed by atoms with Crippen molar-refractivity contribution in [1.29, 1.82) is 0 Å². The molecule has 0 aliphatic carbocycles. The fourth-order valence-corrected chi connectivity index (χ4v) is 5.05. The molecule has 44 heavy (non-hydrogen) atoms. The zero-order valence-electron chi connectivity index (χ0n) is 22.3. The van der Waals surface area contributed by atoms with Crippen LogP contribution >= 0.6 is 0 Å². The molecule has 18 heteroatoms. The monoisotopic (exact) mass is 622 g/mol. The number of nitrogens with zero attached hydrogens (tertiary/aromatic N) is 3. The summed E-state index contributed by atoms with van der Waals surface area (Å²) >= 11 is 0. The molecule has 0 fully saturated rings. The van der Waals surface area contributed by atoms with Gasteiger partial charge in [-0.2, -0.15) is 13.2 Å². The third-order valence-electron chi connectivity index (χ3n) is 7.17. The Kier molecular flexibility index (Phi) is 6.94. The number of carbonyl (C=O) groups is 2. The van der Waals surface area contributed by atoms with E-state index in [1.807, 2.05) is 0 Å². The first-order chi connectivity index (χ1) is 20.6. The quantitative estimate of drug-likeness (QED) is 0.131. The Morgan fingerprint density at radius 1 is 0.841 bits per heavy atom. The lowest BCUT2D eigenvalue weighted by atomic mass is 10.1. The maximum absolute atomic E-state index is 14.0. The second-order valence-electron chi connectivity index (χ2n) is 9.87. The molecule has 0 bridgehead atoms. The SMILES string of the molecule is C[C@H]1COc2c(F)c(F)c(N)c3c(=O)c(C(=O)O)cn1c23.C[C@H]1COc2c(F)c(F)c([N+](=O)[O-])c3c(=O)c(C(=O)O)cn1c23. The number of nitrogens with two attached hydrogens (primary N) is 1. The second kappa shape index (κ2) is 10.2. The van der Waals surface area contributed by atoms with Crippen LogP contribution in [-0.4, -0.2) is 49.4 Å². The lowest BCUT2D eigenvalue weighted by Crippen LogP contribution is -2.28. The van der Waals surface area contributed by atoms with Gasteiger partial charge in [0.25, 0.3) is 0 Å². The van der Waals surface area contributed by atoms with Crippen molar-refractivity contribution in [2.75, 3.05) is 18.9 Å². The number of halogens is 4. The largest absolute Gasteiger partial charge is 0.486 e. The summed E-state index contributed by atoms with van der Waals surface area (Å²) in [5, 5.41) is 28.1. The van der Waals surface area contributed by atoms with E-state index < -0.39 is 96.4 Å². The van der Waals surface area contributed by atoms with E-state index in [4.69, 9.17) is 25.4 Å². The summed E-state index contributed by atoms with van der Waals surface area (Å²) in [5.74, 6) is -10.3. The fraction of sp³-hybridized carbons (Fsp3) is 0.231. The van der Waals surface area contributed by atoms with Crippen LogP contribution in [0.2, 0.25) is 0 Å². The molecule has 4 N–H and O–H groups in total. The van der Waals surface area contributed by atoms with E-state index in [-0.39, 0.29) is 35.7 Å². The molecule has 0 unspecified atom stereocenters. The molecule has 0 radical (unpaired) electrons. The standard InChI is InChI=1S/C13H8F2N2O6.C13H10F2N2O4/c1-4-3-23-12-8(15)7(14)9(17(21)22)6-10(12)16(4)2-5(11(6)18)13(19)20;1-4-3-21-12-8(15)7(14)9(16)6-10(12)17(4)2-5(11(6)18)13(19)20/h2,4H,3H2,1H3,(H,19,20);2,4H,3,16H2,1H3,(H,19,20)/t2*4-/m00/s1. The van der Waals surface area contributed by atoms with Crippen molar-refractivity contribution in [3.8, 4) is 11.5 Å². The van der Waals surface area contributed by atoms with Gasteiger partial charge in [0, 0.05) is 12.4 Å². The summed E-state index contributed by atoms with van der Waals surface area (Å²) in [7, 11) is 0. The maximum Gasteiger partial charge on any atom is 0.341 e. The third kappa shape index (κ3) is 4.16. The molecule has 2 aromatic heterocycles. The van der Waals surface area contributed by atoms with E-state index in [1.54, 1.807) is 13.8 Å². The minimum Gasteiger partial charge on any atom is -0.486 e. The molecular weight excluding hydrogens is 604 g/mol. The van der Waals surface area contributed by atoms with Crippen molar-refractivity contribution < 1.29 is 51.8 Å². The molecule has 6 rings (SSSR count). The van der Waals surface area contributed by atoms with Crippen LogP contribution in [0.1, 0.15) is 46.6 Å². The van der Waals surface area contributed by atoms with Crippen molar-refractivity contribution in [2.24, 2.45) is 0 Å².